The second-order valence-electron chi connectivity index (χ2n) is 2.72. The van der Waals surface area contributed by atoms with Gasteiger partial charge in [0.25, 0.3) is 0 Å². The summed E-state index contributed by atoms with van der Waals surface area (Å²) in [7, 11) is 0. The number of rotatable bonds is 2. The first-order chi connectivity index (χ1) is 6.75. The summed E-state index contributed by atoms with van der Waals surface area (Å²) < 4.78 is 0.465. The molecule has 0 N–H and O–H groups in total. The van der Waals surface area contributed by atoms with Crippen LogP contribution in [0.5, 0.6) is 0 Å². The van der Waals surface area contributed by atoms with Gasteiger partial charge in [0.1, 0.15) is 5.01 Å². The van der Waals surface area contributed by atoms with Gasteiger partial charge in [0.2, 0.25) is 4.47 Å². The van der Waals surface area contributed by atoms with Crippen LogP contribution < -0.4 is 0 Å². The largest absolute Gasteiger partial charge is 0.207 e. The number of halogens is 2. The van der Waals surface area contributed by atoms with Gasteiger partial charge in [-0.05, 0) is 23.2 Å². The van der Waals surface area contributed by atoms with Gasteiger partial charge in [-0.25, -0.2) is 0 Å². The summed E-state index contributed by atoms with van der Waals surface area (Å²) in [4.78, 5) is 0. The fourth-order valence-electron chi connectivity index (χ4n) is 1.11. The number of aromatic nitrogens is 2. The van der Waals surface area contributed by atoms with Crippen molar-refractivity contribution in [1.29, 1.82) is 0 Å². The molecule has 1 aromatic heterocycles. The van der Waals surface area contributed by atoms with Gasteiger partial charge in [-0.15, -0.1) is 10.2 Å². The maximum atomic E-state index is 6.00. The molecule has 0 saturated heterocycles. The first-order valence-electron chi connectivity index (χ1n) is 3.97. The summed E-state index contributed by atoms with van der Waals surface area (Å²) in [5.41, 5.74) is 1.04. The van der Waals surface area contributed by atoms with Crippen LogP contribution in [0.3, 0.4) is 0 Å². The number of benzene rings is 1. The summed E-state index contributed by atoms with van der Waals surface area (Å²) in [6.07, 6.45) is 0.685. The van der Waals surface area contributed by atoms with Gasteiger partial charge in [-0.2, -0.15) is 0 Å². The highest BCUT2D eigenvalue weighted by atomic mass is 35.5. The summed E-state index contributed by atoms with van der Waals surface area (Å²) in [6, 6.07) is 7.68. The van der Waals surface area contributed by atoms with Crippen molar-refractivity contribution in [1.82, 2.24) is 10.2 Å². The minimum absolute atomic E-state index is 0.465. The van der Waals surface area contributed by atoms with E-state index in [0.717, 1.165) is 15.6 Å². The Balaban J connectivity index is 2.23. The Hall–Kier alpha value is -0.640. The Labute approximate surface area is 95.5 Å². The molecule has 0 aliphatic carbocycles. The molecule has 0 bridgehead atoms. The lowest BCUT2D eigenvalue weighted by atomic mass is 10.2. The third-order valence-corrected chi connectivity index (χ3v) is 3.13. The van der Waals surface area contributed by atoms with Gasteiger partial charge >= 0.3 is 0 Å². The molecule has 0 fully saturated rings. The predicted octanol–water partition coefficient (Wildman–Crippen LogP) is 3.44. The van der Waals surface area contributed by atoms with E-state index in [0.29, 0.717) is 10.9 Å². The molecule has 2 aromatic rings. The minimum Gasteiger partial charge on any atom is -0.142 e. The smallest absolute Gasteiger partial charge is 0.142 e. The average molecular weight is 245 g/mol. The Morgan fingerprint density at radius 2 is 1.93 bits per heavy atom. The molecular formula is C9H6Cl2N2S. The molecule has 72 valence electrons. The van der Waals surface area contributed by atoms with Crippen molar-refractivity contribution in [3.63, 3.8) is 0 Å². The van der Waals surface area contributed by atoms with E-state index in [-0.39, 0.29) is 0 Å². The molecule has 2 rings (SSSR count). The SMILES string of the molecule is Clc1nnc(Cc2ccccc2Cl)s1. The molecule has 0 aliphatic rings. The maximum absolute atomic E-state index is 6.00. The van der Waals surface area contributed by atoms with Crippen LogP contribution in [0.1, 0.15) is 10.6 Å². The van der Waals surface area contributed by atoms with Crippen LogP contribution in [0.25, 0.3) is 0 Å². The number of hydrogen-bond acceptors (Lipinski definition) is 3. The van der Waals surface area contributed by atoms with E-state index in [1.165, 1.54) is 11.3 Å². The lowest BCUT2D eigenvalue weighted by Crippen LogP contribution is -1.87. The molecule has 1 aromatic carbocycles. The zero-order valence-electron chi connectivity index (χ0n) is 7.08. The second kappa shape index (κ2) is 4.26. The normalized spacial score (nSPS) is 10.4. The fourth-order valence-corrected chi connectivity index (χ4v) is 2.20. The van der Waals surface area contributed by atoms with Crippen molar-refractivity contribution < 1.29 is 0 Å². The van der Waals surface area contributed by atoms with Crippen LogP contribution in [0, 0.1) is 0 Å². The average Bonchev–Trinajstić information content (AvgIpc) is 2.56. The Morgan fingerprint density at radius 1 is 1.14 bits per heavy atom. The van der Waals surface area contributed by atoms with Crippen molar-refractivity contribution in [3.8, 4) is 0 Å². The van der Waals surface area contributed by atoms with E-state index in [9.17, 15) is 0 Å². The van der Waals surface area contributed by atoms with E-state index in [1.807, 2.05) is 24.3 Å². The molecule has 0 saturated carbocycles. The quantitative estimate of drug-likeness (QED) is 0.809. The Bertz CT molecular complexity index is 442. The molecule has 0 amide bonds. The zero-order chi connectivity index (χ0) is 9.97. The molecule has 1 heterocycles. The topological polar surface area (TPSA) is 25.8 Å². The van der Waals surface area contributed by atoms with E-state index in [2.05, 4.69) is 10.2 Å². The minimum atomic E-state index is 0.465. The highest BCUT2D eigenvalue weighted by Crippen LogP contribution is 2.22. The molecule has 5 heteroatoms. The van der Waals surface area contributed by atoms with Gasteiger partial charge in [-0.3, -0.25) is 0 Å². The highest BCUT2D eigenvalue weighted by molar-refractivity contribution is 7.15. The highest BCUT2D eigenvalue weighted by Gasteiger charge is 2.05. The van der Waals surface area contributed by atoms with E-state index >= 15 is 0 Å². The van der Waals surface area contributed by atoms with Crippen molar-refractivity contribution in [2.75, 3.05) is 0 Å². The maximum Gasteiger partial charge on any atom is 0.207 e. The molecule has 0 unspecified atom stereocenters. The Morgan fingerprint density at radius 3 is 2.57 bits per heavy atom. The summed E-state index contributed by atoms with van der Waals surface area (Å²) >= 11 is 13.1. The predicted molar refractivity (Wildman–Crippen MR) is 59.2 cm³/mol. The molecule has 2 nitrogen and oxygen atoms in total. The van der Waals surface area contributed by atoms with Crippen molar-refractivity contribution in [3.05, 3.63) is 44.3 Å². The van der Waals surface area contributed by atoms with Crippen LogP contribution in [0.2, 0.25) is 9.49 Å². The standard InChI is InChI=1S/C9H6Cl2N2S/c10-7-4-2-1-3-6(7)5-8-12-13-9(11)14-8/h1-4H,5H2. The lowest BCUT2D eigenvalue weighted by Gasteiger charge is -1.99. The zero-order valence-corrected chi connectivity index (χ0v) is 9.40. The lowest BCUT2D eigenvalue weighted by molar-refractivity contribution is 1.00. The van der Waals surface area contributed by atoms with Crippen LogP contribution in [-0.2, 0) is 6.42 Å². The van der Waals surface area contributed by atoms with Crippen LogP contribution in [0.15, 0.2) is 24.3 Å². The number of nitrogens with zero attached hydrogens (tertiary/aromatic N) is 2. The third-order valence-electron chi connectivity index (χ3n) is 1.74. The van der Waals surface area contributed by atoms with Crippen molar-refractivity contribution >= 4 is 34.5 Å². The molecule has 0 spiro atoms. The van der Waals surface area contributed by atoms with Crippen LogP contribution >= 0.6 is 34.5 Å². The molecule has 0 radical (unpaired) electrons. The summed E-state index contributed by atoms with van der Waals surface area (Å²) in [5.74, 6) is 0. The van der Waals surface area contributed by atoms with Gasteiger partial charge in [0, 0.05) is 11.4 Å². The van der Waals surface area contributed by atoms with Crippen molar-refractivity contribution in [2.45, 2.75) is 6.42 Å². The second-order valence-corrected chi connectivity index (χ2v) is 4.77. The monoisotopic (exact) mass is 244 g/mol. The summed E-state index contributed by atoms with van der Waals surface area (Å²) in [5, 5.41) is 9.29. The molecular weight excluding hydrogens is 239 g/mol. The Kier molecular flexibility index (Phi) is 3.01. The molecule has 0 aliphatic heterocycles. The molecule has 0 atom stereocenters. The van der Waals surface area contributed by atoms with Gasteiger partial charge in [0.05, 0.1) is 0 Å². The van der Waals surface area contributed by atoms with E-state index < -0.39 is 0 Å². The third kappa shape index (κ3) is 2.23. The first kappa shape index (κ1) is 9.90. The van der Waals surface area contributed by atoms with Gasteiger partial charge < -0.3 is 0 Å². The van der Waals surface area contributed by atoms with Crippen LogP contribution in [-0.4, -0.2) is 10.2 Å². The number of hydrogen-bond donors (Lipinski definition) is 0. The van der Waals surface area contributed by atoms with Gasteiger partial charge in [0.15, 0.2) is 0 Å². The van der Waals surface area contributed by atoms with Crippen molar-refractivity contribution in [2.24, 2.45) is 0 Å². The van der Waals surface area contributed by atoms with Crippen LogP contribution in [0.4, 0.5) is 0 Å². The molecule has 14 heavy (non-hydrogen) atoms. The fraction of sp³-hybridized carbons (Fsp3) is 0.111. The summed E-state index contributed by atoms with van der Waals surface area (Å²) in [6.45, 7) is 0. The first-order valence-corrected chi connectivity index (χ1v) is 5.54. The van der Waals surface area contributed by atoms with E-state index in [1.54, 1.807) is 0 Å². The van der Waals surface area contributed by atoms with E-state index in [4.69, 9.17) is 23.2 Å². The van der Waals surface area contributed by atoms with Gasteiger partial charge in [-0.1, -0.05) is 41.1 Å².